The molecule has 0 aliphatic carbocycles. The Hall–Kier alpha value is -1.36. The van der Waals surface area contributed by atoms with Crippen molar-refractivity contribution in [3.63, 3.8) is 0 Å². The molecule has 1 aromatic carbocycles. The molecule has 1 heterocycles. The second-order valence-corrected chi connectivity index (χ2v) is 3.65. The van der Waals surface area contributed by atoms with Crippen LogP contribution in [0.2, 0.25) is 0 Å². The number of primary amides is 1. The Morgan fingerprint density at radius 2 is 2.36 bits per heavy atom. The highest BCUT2D eigenvalue weighted by Crippen LogP contribution is 2.42. The van der Waals surface area contributed by atoms with E-state index in [0.717, 1.165) is 16.3 Å². The van der Waals surface area contributed by atoms with E-state index in [2.05, 4.69) is 0 Å². The number of thioether (sulfide) groups is 1. The molecule has 0 bridgehead atoms. The number of methoxy groups -OCH3 is 1. The van der Waals surface area contributed by atoms with Gasteiger partial charge in [0.15, 0.2) is 0 Å². The van der Waals surface area contributed by atoms with E-state index in [0.29, 0.717) is 0 Å². The Morgan fingerprint density at radius 1 is 1.57 bits per heavy atom. The second kappa shape index (κ2) is 3.42. The zero-order chi connectivity index (χ0) is 10.1. The highest BCUT2D eigenvalue weighted by molar-refractivity contribution is 8.02. The van der Waals surface area contributed by atoms with E-state index in [1.165, 1.54) is 16.7 Å². The maximum Gasteiger partial charge on any atom is 0.320 e. The minimum Gasteiger partial charge on any atom is -0.497 e. The molecule has 1 aromatic rings. The summed E-state index contributed by atoms with van der Waals surface area (Å²) >= 11 is 1.45. The molecule has 14 heavy (non-hydrogen) atoms. The van der Waals surface area contributed by atoms with Gasteiger partial charge in [-0.2, -0.15) is 0 Å². The van der Waals surface area contributed by atoms with Crippen molar-refractivity contribution in [1.82, 2.24) is 0 Å². The summed E-state index contributed by atoms with van der Waals surface area (Å²) in [6.45, 7) is 0. The minimum absolute atomic E-state index is 0.471. The maximum atomic E-state index is 11.0. The fourth-order valence-electron chi connectivity index (χ4n) is 1.25. The number of hydrogen-bond donors (Lipinski definition) is 1. The number of fused-ring (bicyclic) bond motifs is 1. The third kappa shape index (κ3) is 1.39. The first-order chi connectivity index (χ1) is 6.72. The largest absolute Gasteiger partial charge is 0.497 e. The lowest BCUT2D eigenvalue weighted by atomic mass is 10.3. The summed E-state index contributed by atoms with van der Waals surface area (Å²) in [5, 5.41) is 0. The molecule has 0 spiro atoms. The third-order valence-electron chi connectivity index (χ3n) is 1.95. The van der Waals surface area contributed by atoms with Crippen molar-refractivity contribution in [2.75, 3.05) is 12.0 Å². The van der Waals surface area contributed by atoms with Crippen molar-refractivity contribution in [3.8, 4) is 5.75 Å². The smallest absolute Gasteiger partial charge is 0.320 e. The van der Waals surface area contributed by atoms with Crippen LogP contribution in [0.15, 0.2) is 23.1 Å². The molecule has 2 amide bonds. The molecule has 0 atom stereocenters. The maximum absolute atomic E-state index is 11.0. The monoisotopic (exact) mass is 209 g/mol. The average molecular weight is 209 g/mol. The minimum atomic E-state index is -0.471. The quantitative estimate of drug-likeness (QED) is 0.767. The van der Waals surface area contributed by atoms with E-state index < -0.39 is 6.03 Å². The highest BCUT2D eigenvalue weighted by Gasteiger charge is 2.24. The second-order valence-electron chi connectivity index (χ2n) is 2.77. The summed E-state index contributed by atoms with van der Waals surface area (Å²) in [5.41, 5.74) is 6.00. The lowest BCUT2D eigenvalue weighted by Crippen LogP contribution is -2.30. The summed E-state index contributed by atoms with van der Waals surface area (Å²) in [5.74, 6) is 2.46. The molecule has 0 saturated heterocycles. The van der Waals surface area contributed by atoms with Gasteiger partial charge in [0, 0.05) is 4.90 Å². The van der Waals surface area contributed by atoms with E-state index in [1.54, 1.807) is 19.1 Å². The molecular formula is C9H9N2O2S. The number of hydrogen-bond acceptors (Lipinski definition) is 3. The van der Waals surface area contributed by atoms with Crippen molar-refractivity contribution >= 4 is 23.5 Å². The number of urea groups is 1. The van der Waals surface area contributed by atoms with Crippen molar-refractivity contribution in [2.24, 2.45) is 5.73 Å². The van der Waals surface area contributed by atoms with Crippen LogP contribution in [0.3, 0.4) is 0 Å². The Bertz CT molecular complexity index is 381. The van der Waals surface area contributed by atoms with Crippen LogP contribution in [-0.4, -0.2) is 13.1 Å². The number of nitrogens with two attached hydrogens (primary N) is 1. The Kier molecular flexibility index (Phi) is 2.25. The van der Waals surface area contributed by atoms with Gasteiger partial charge in [0.2, 0.25) is 0 Å². The fraction of sp³-hybridized carbons (Fsp3) is 0.111. The van der Waals surface area contributed by atoms with Gasteiger partial charge in [-0.25, -0.2) is 4.79 Å². The number of anilines is 1. The van der Waals surface area contributed by atoms with Crippen molar-refractivity contribution in [2.45, 2.75) is 4.90 Å². The summed E-state index contributed by atoms with van der Waals surface area (Å²) in [4.78, 5) is 13.4. The number of nitrogens with zero attached hydrogens (tertiary/aromatic N) is 1. The van der Waals surface area contributed by atoms with Crippen molar-refractivity contribution < 1.29 is 9.53 Å². The SMILES string of the molecule is COc1ccc2c(c1)S[CH]N2C(N)=O. The summed E-state index contributed by atoms with van der Waals surface area (Å²) in [7, 11) is 1.61. The lowest BCUT2D eigenvalue weighted by Gasteiger charge is -2.12. The first-order valence-corrected chi connectivity index (χ1v) is 4.87. The van der Waals surface area contributed by atoms with Gasteiger partial charge in [-0.05, 0) is 18.2 Å². The number of amides is 2. The molecule has 2 rings (SSSR count). The van der Waals surface area contributed by atoms with Crippen LogP contribution >= 0.6 is 11.8 Å². The molecule has 0 fully saturated rings. The molecule has 1 aliphatic heterocycles. The van der Waals surface area contributed by atoms with E-state index >= 15 is 0 Å². The van der Waals surface area contributed by atoms with Crippen LogP contribution in [0.1, 0.15) is 0 Å². The molecule has 4 nitrogen and oxygen atoms in total. The topological polar surface area (TPSA) is 55.6 Å². The van der Waals surface area contributed by atoms with Crippen LogP contribution in [-0.2, 0) is 0 Å². The standard InChI is InChI=1S/C9H9N2O2S/c1-13-6-2-3-7-8(4-6)14-5-11(7)9(10)12/h2-5H,1H3,(H2,10,12). The number of ether oxygens (including phenoxy) is 1. The van der Waals surface area contributed by atoms with Gasteiger partial charge >= 0.3 is 6.03 Å². The number of carbonyl (C=O) groups excluding carboxylic acids is 1. The molecule has 0 unspecified atom stereocenters. The average Bonchev–Trinajstić information content (AvgIpc) is 2.59. The zero-order valence-electron chi connectivity index (χ0n) is 7.56. The number of carbonyl (C=O) groups is 1. The van der Waals surface area contributed by atoms with E-state index in [-0.39, 0.29) is 0 Å². The predicted octanol–water partition coefficient (Wildman–Crippen LogP) is 1.81. The van der Waals surface area contributed by atoms with Gasteiger partial charge in [0.05, 0.1) is 12.8 Å². The van der Waals surface area contributed by atoms with Crippen LogP contribution in [0.4, 0.5) is 10.5 Å². The molecule has 73 valence electrons. The van der Waals surface area contributed by atoms with Gasteiger partial charge < -0.3 is 10.5 Å². The van der Waals surface area contributed by atoms with Crippen LogP contribution in [0.5, 0.6) is 5.75 Å². The van der Waals surface area contributed by atoms with Gasteiger partial charge in [-0.15, -0.1) is 0 Å². The Balaban J connectivity index is 2.38. The van der Waals surface area contributed by atoms with E-state index in [1.807, 2.05) is 12.1 Å². The zero-order valence-corrected chi connectivity index (χ0v) is 8.38. The first-order valence-electron chi connectivity index (χ1n) is 3.99. The summed E-state index contributed by atoms with van der Waals surface area (Å²) < 4.78 is 5.07. The molecular weight excluding hydrogens is 200 g/mol. The normalized spacial score (nSPS) is 13.9. The third-order valence-corrected chi connectivity index (χ3v) is 2.85. The predicted molar refractivity (Wildman–Crippen MR) is 55.2 cm³/mol. The lowest BCUT2D eigenvalue weighted by molar-refractivity contribution is 0.255. The van der Waals surface area contributed by atoms with E-state index in [9.17, 15) is 4.79 Å². The summed E-state index contributed by atoms with van der Waals surface area (Å²) in [6, 6.07) is 5.02. The summed E-state index contributed by atoms with van der Waals surface area (Å²) in [6.07, 6.45) is 0. The van der Waals surface area contributed by atoms with Gasteiger partial charge in [0.1, 0.15) is 11.6 Å². The molecule has 2 N–H and O–H groups in total. The molecule has 5 heteroatoms. The highest BCUT2D eigenvalue weighted by atomic mass is 32.2. The number of benzene rings is 1. The van der Waals surface area contributed by atoms with Crippen LogP contribution in [0.25, 0.3) is 0 Å². The molecule has 1 radical (unpaired) electrons. The molecule has 0 saturated carbocycles. The van der Waals surface area contributed by atoms with Gasteiger partial charge in [-0.3, -0.25) is 4.90 Å². The Labute approximate surface area is 86.0 Å². The number of rotatable bonds is 1. The van der Waals surface area contributed by atoms with Crippen molar-refractivity contribution in [3.05, 3.63) is 24.1 Å². The van der Waals surface area contributed by atoms with Gasteiger partial charge in [0.25, 0.3) is 0 Å². The van der Waals surface area contributed by atoms with Crippen molar-refractivity contribution in [1.29, 1.82) is 0 Å². The van der Waals surface area contributed by atoms with Crippen LogP contribution < -0.4 is 15.4 Å². The molecule has 1 aliphatic rings. The van der Waals surface area contributed by atoms with E-state index in [4.69, 9.17) is 10.5 Å². The van der Waals surface area contributed by atoms with Gasteiger partial charge in [-0.1, -0.05) is 11.8 Å². The first kappa shape index (κ1) is 9.21. The fourth-order valence-corrected chi connectivity index (χ4v) is 2.16. The molecule has 0 aromatic heterocycles. The van der Waals surface area contributed by atoms with Crippen LogP contribution in [0, 0.1) is 5.88 Å². The Morgan fingerprint density at radius 3 is 3.00 bits per heavy atom.